The van der Waals surface area contributed by atoms with Crippen molar-refractivity contribution in [3.8, 4) is 0 Å². The van der Waals surface area contributed by atoms with Crippen molar-refractivity contribution in [3.05, 3.63) is 80.1 Å². The number of aromatic nitrogens is 2. The predicted molar refractivity (Wildman–Crippen MR) is 124 cm³/mol. The molecular weight excluding hydrogens is 466 g/mol. The number of nitrogens with one attached hydrogen (secondary N) is 2. The van der Waals surface area contributed by atoms with Gasteiger partial charge in [-0.2, -0.15) is 4.72 Å². The van der Waals surface area contributed by atoms with E-state index in [2.05, 4.69) is 21.0 Å². The Kier molecular flexibility index (Phi) is 6.26. The lowest BCUT2D eigenvalue weighted by Gasteiger charge is -2.26. The van der Waals surface area contributed by atoms with E-state index in [4.69, 9.17) is 16.0 Å². The third kappa shape index (κ3) is 4.77. The van der Waals surface area contributed by atoms with E-state index in [-0.39, 0.29) is 16.3 Å². The molecule has 0 spiro atoms. The van der Waals surface area contributed by atoms with Gasteiger partial charge in [0.25, 0.3) is 0 Å². The fourth-order valence-corrected chi connectivity index (χ4v) is 6.23. The van der Waals surface area contributed by atoms with Gasteiger partial charge in [-0.3, -0.25) is 0 Å². The minimum absolute atomic E-state index is 0.0644. The van der Waals surface area contributed by atoms with Gasteiger partial charge in [-0.15, -0.1) is 5.10 Å². The summed E-state index contributed by atoms with van der Waals surface area (Å²) < 4.78 is 34.9. The minimum Gasteiger partial charge on any atom is -0.391 e. The lowest BCUT2D eigenvalue weighted by molar-refractivity contribution is 0.0755. The highest BCUT2D eigenvalue weighted by Crippen LogP contribution is 2.38. The summed E-state index contributed by atoms with van der Waals surface area (Å²) in [6, 6.07) is 9.25. The van der Waals surface area contributed by atoms with Crippen LogP contribution in [0.25, 0.3) is 0 Å². The van der Waals surface area contributed by atoms with E-state index >= 15 is 0 Å². The zero-order valence-corrected chi connectivity index (χ0v) is 20.1. The molecule has 0 radical (unpaired) electrons. The maximum Gasteiger partial charge on any atom is 0.434 e. The molecule has 0 bridgehead atoms. The van der Waals surface area contributed by atoms with Gasteiger partial charge in [0.2, 0.25) is 15.9 Å². The SMILES string of the molecule is CC(c1cccc2c1CCC2)C(NS(=O)(=O)c1ccc(Cl)cc1C(C)(C)O)c1n[nH]c(=O)o1. The Morgan fingerprint density at radius 3 is 2.67 bits per heavy atom. The van der Waals surface area contributed by atoms with Gasteiger partial charge >= 0.3 is 5.76 Å². The zero-order valence-electron chi connectivity index (χ0n) is 18.6. The van der Waals surface area contributed by atoms with Crippen LogP contribution >= 0.6 is 11.6 Å². The van der Waals surface area contributed by atoms with E-state index in [1.165, 1.54) is 43.2 Å². The molecule has 1 aromatic heterocycles. The van der Waals surface area contributed by atoms with E-state index < -0.39 is 33.3 Å². The third-order valence-corrected chi connectivity index (χ3v) is 7.80. The highest BCUT2D eigenvalue weighted by molar-refractivity contribution is 7.89. The number of hydrogen-bond acceptors (Lipinski definition) is 6. The number of aliphatic hydroxyl groups is 1. The topological polar surface area (TPSA) is 125 Å². The van der Waals surface area contributed by atoms with Crippen LogP contribution < -0.4 is 10.5 Å². The number of aryl methyl sites for hydroxylation is 1. The smallest absolute Gasteiger partial charge is 0.391 e. The fourth-order valence-electron chi connectivity index (χ4n) is 4.44. The van der Waals surface area contributed by atoms with Crippen LogP contribution in [-0.4, -0.2) is 23.7 Å². The molecule has 4 rings (SSSR count). The average molecular weight is 492 g/mol. The van der Waals surface area contributed by atoms with Gasteiger partial charge < -0.3 is 9.52 Å². The van der Waals surface area contributed by atoms with Crippen molar-refractivity contribution in [3.63, 3.8) is 0 Å². The van der Waals surface area contributed by atoms with Crippen molar-refractivity contribution in [2.45, 2.75) is 62.5 Å². The quantitative estimate of drug-likeness (QED) is 0.464. The molecule has 176 valence electrons. The second-order valence-corrected chi connectivity index (χ2v) is 11.0. The fraction of sp³-hybridized carbons (Fsp3) is 0.391. The zero-order chi connectivity index (χ0) is 24.0. The Labute approximate surface area is 197 Å². The van der Waals surface area contributed by atoms with Crippen molar-refractivity contribution < 1.29 is 17.9 Å². The summed E-state index contributed by atoms with van der Waals surface area (Å²) in [7, 11) is -4.18. The molecule has 1 heterocycles. The van der Waals surface area contributed by atoms with Crippen molar-refractivity contribution in [1.82, 2.24) is 14.9 Å². The number of rotatable bonds is 7. The number of aromatic amines is 1. The van der Waals surface area contributed by atoms with E-state index in [0.29, 0.717) is 5.02 Å². The molecule has 33 heavy (non-hydrogen) atoms. The van der Waals surface area contributed by atoms with E-state index in [1.54, 1.807) is 0 Å². The molecule has 10 heteroatoms. The molecule has 0 saturated heterocycles. The molecule has 2 unspecified atom stereocenters. The first-order chi connectivity index (χ1) is 15.5. The second kappa shape index (κ2) is 8.72. The number of benzene rings is 2. The molecule has 0 amide bonds. The van der Waals surface area contributed by atoms with Crippen molar-refractivity contribution in [2.75, 3.05) is 0 Å². The van der Waals surface area contributed by atoms with Gasteiger partial charge in [0.1, 0.15) is 6.04 Å². The lowest BCUT2D eigenvalue weighted by atomic mass is 9.88. The number of nitrogens with zero attached hydrogens (tertiary/aromatic N) is 1. The van der Waals surface area contributed by atoms with Crippen molar-refractivity contribution in [2.24, 2.45) is 0 Å². The first-order valence-electron chi connectivity index (χ1n) is 10.7. The Balaban J connectivity index is 1.79. The van der Waals surface area contributed by atoms with Crippen LogP contribution in [0, 0.1) is 0 Å². The summed E-state index contributed by atoms with van der Waals surface area (Å²) in [5, 5.41) is 17.0. The largest absolute Gasteiger partial charge is 0.434 e. The van der Waals surface area contributed by atoms with Crippen LogP contribution in [0.1, 0.15) is 67.3 Å². The van der Waals surface area contributed by atoms with Gasteiger partial charge in [0.05, 0.1) is 10.5 Å². The summed E-state index contributed by atoms with van der Waals surface area (Å²) in [6.07, 6.45) is 2.91. The molecular formula is C23H26ClN3O5S. The summed E-state index contributed by atoms with van der Waals surface area (Å²) >= 11 is 6.07. The maximum absolute atomic E-state index is 13.5. The number of sulfonamides is 1. The van der Waals surface area contributed by atoms with Crippen LogP contribution in [0.15, 0.2) is 50.5 Å². The third-order valence-electron chi connectivity index (χ3n) is 6.07. The van der Waals surface area contributed by atoms with Crippen LogP contribution in [-0.2, 0) is 28.5 Å². The van der Waals surface area contributed by atoms with E-state index in [1.807, 2.05) is 19.1 Å². The van der Waals surface area contributed by atoms with Crippen LogP contribution in [0.5, 0.6) is 0 Å². The van der Waals surface area contributed by atoms with E-state index in [0.717, 1.165) is 24.8 Å². The lowest BCUT2D eigenvalue weighted by Crippen LogP contribution is -2.34. The molecule has 1 aliphatic rings. The van der Waals surface area contributed by atoms with Crippen molar-refractivity contribution >= 4 is 21.6 Å². The van der Waals surface area contributed by atoms with Crippen molar-refractivity contribution in [1.29, 1.82) is 0 Å². The summed E-state index contributed by atoms with van der Waals surface area (Å²) in [6.45, 7) is 4.84. The first-order valence-corrected chi connectivity index (χ1v) is 12.5. The normalized spacial score (nSPS) is 15.9. The highest BCUT2D eigenvalue weighted by atomic mass is 35.5. The molecule has 0 saturated carbocycles. The van der Waals surface area contributed by atoms with Crippen LogP contribution in [0.3, 0.4) is 0 Å². The monoisotopic (exact) mass is 491 g/mol. The second-order valence-electron chi connectivity index (χ2n) is 8.88. The summed E-state index contributed by atoms with van der Waals surface area (Å²) in [5.74, 6) is -1.23. The van der Waals surface area contributed by atoms with Gasteiger partial charge in [-0.25, -0.2) is 18.3 Å². The minimum atomic E-state index is -4.18. The maximum atomic E-state index is 13.5. The number of halogens is 1. The molecule has 3 N–H and O–H groups in total. The number of fused-ring (bicyclic) bond motifs is 1. The Bertz CT molecular complexity index is 1340. The van der Waals surface area contributed by atoms with Gasteiger partial charge in [0.15, 0.2) is 0 Å². The molecule has 1 aliphatic carbocycles. The van der Waals surface area contributed by atoms with Gasteiger partial charge in [0, 0.05) is 16.5 Å². The molecule has 0 fully saturated rings. The number of H-pyrrole nitrogens is 1. The summed E-state index contributed by atoms with van der Waals surface area (Å²) in [4.78, 5) is 11.6. The summed E-state index contributed by atoms with van der Waals surface area (Å²) in [5.41, 5.74) is 2.09. The van der Waals surface area contributed by atoms with E-state index in [9.17, 15) is 18.3 Å². The van der Waals surface area contributed by atoms with Crippen LogP contribution in [0.4, 0.5) is 0 Å². The average Bonchev–Trinajstić information content (AvgIpc) is 3.39. The predicted octanol–water partition coefficient (Wildman–Crippen LogP) is 3.56. The number of hydrogen-bond donors (Lipinski definition) is 3. The Morgan fingerprint density at radius 1 is 1.24 bits per heavy atom. The van der Waals surface area contributed by atoms with Gasteiger partial charge in [-0.1, -0.05) is 36.7 Å². The molecule has 0 aliphatic heterocycles. The van der Waals surface area contributed by atoms with Gasteiger partial charge in [-0.05, 0) is 68.0 Å². The Hall–Kier alpha value is -2.46. The standard InChI is InChI=1S/C23H26ClN3O5S/c1-13(16-8-4-6-14-7-5-9-17(14)16)20(21-25-26-22(28)32-21)27-33(30,31)19-11-10-15(24)12-18(19)23(2,3)29/h4,6,8,10-13,20,27,29H,5,7,9H2,1-3H3,(H,26,28). The highest BCUT2D eigenvalue weighted by Gasteiger charge is 2.35. The Morgan fingerprint density at radius 2 is 2.00 bits per heavy atom. The molecule has 2 aromatic carbocycles. The van der Waals surface area contributed by atoms with Crippen LogP contribution in [0.2, 0.25) is 5.02 Å². The molecule has 8 nitrogen and oxygen atoms in total. The molecule has 2 atom stereocenters. The first kappa shape index (κ1) is 23.7. The molecule has 3 aromatic rings.